The number of ether oxygens (including phenoxy) is 1. The topological polar surface area (TPSA) is 91.8 Å². The van der Waals surface area contributed by atoms with Gasteiger partial charge in [-0.25, -0.2) is 4.79 Å². The zero-order chi connectivity index (χ0) is 22.5. The Morgan fingerprint density at radius 3 is 2.72 bits per heavy atom. The van der Waals surface area contributed by atoms with Gasteiger partial charge in [-0.3, -0.25) is 19.5 Å². The Bertz CT molecular complexity index is 964. The molecule has 1 N–H and O–H groups in total. The van der Waals surface area contributed by atoms with Gasteiger partial charge in [0.2, 0.25) is 5.91 Å². The zero-order valence-electron chi connectivity index (χ0n) is 18.2. The summed E-state index contributed by atoms with van der Waals surface area (Å²) in [6.45, 7) is 0.890. The number of aromatic nitrogens is 1. The summed E-state index contributed by atoms with van der Waals surface area (Å²) in [4.78, 5) is 45.5. The van der Waals surface area contributed by atoms with Crippen LogP contribution in [0, 0.1) is 0 Å². The predicted molar refractivity (Wildman–Crippen MR) is 118 cm³/mol. The van der Waals surface area contributed by atoms with Crippen LogP contribution in [0.1, 0.15) is 49.3 Å². The number of carbonyl (C=O) groups is 3. The fourth-order valence-electron chi connectivity index (χ4n) is 4.40. The molecule has 4 rings (SSSR count). The fourth-order valence-corrected chi connectivity index (χ4v) is 4.40. The maximum Gasteiger partial charge on any atom is 0.325 e. The van der Waals surface area contributed by atoms with Crippen molar-refractivity contribution in [2.45, 2.75) is 50.7 Å². The number of nitrogens with one attached hydrogen (secondary N) is 1. The van der Waals surface area contributed by atoms with E-state index in [1.54, 1.807) is 25.4 Å². The van der Waals surface area contributed by atoms with E-state index in [1.807, 2.05) is 35.4 Å². The number of piperidine rings is 1. The predicted octanol–water partition coefficient (Wildman–Crippen LogP) is 3.04. The van der Waals surface area contributed by atoms with Crippen molar-refractivity contribution in [2.24, 2.45) is 0 Å². The van der Waals surface area contributed by atoms with Gasteiger partial charge in [0.1, 0.15) is 11.8 Å². The maximum atomic E-state index is 13.0. The first-order valence-corrected chi connectivity index (χ1v) is 11.0. The van der Waals surface area contributed by atoms with Crippen molar-refractivity contribution in [3.63, 3.8) is 0 Å². The van der Waals surface area contributed by atoms with Crippen LogP contribution in [-0.2, 0) is 16.1 Å². The van der Waals surface area contributed by atoms with E-state index in [4.69, 9.17) is 4.74 Å². The molecule has 2 atom stereocenters. The highest BCUT2D eigenvalue weighted by molar-refractivity contribution is 6.04. The van der Waals surface area contributed by atoms with Crippen LogP contribution >= 0.6 is 0 Å². The molecule has 168 valence electrons. The summed E-state index contributed by atoms with van der Waals surface area (Å²) in [6, 6.07) is 10.0. The van der Waals surface area contributed by atoms with Crippen molar-refractivity contribution < 1.29 is 19.1 Å². The Labute approximate surface area is 187 Å². The highest BCUT2D eigenvalue weighted by atomic mass is 16.5. The second-order valence-corrected chi connectivity index (χ2v) is 8.20. The second kappa shape index (κ2) is 9.80. The van der Waals surface area contributed by atoms with Gasteiger partial charge < -0.3 is 15.0 Å². The standard InChI is InChI=1S/C24H28N4O4/c1-32-19-9-7-17(8-10-19)16-28-23(30)20(26-24(28)31)11-12-22(29)27-14-3-2-6-21(27)18-5-4-13-25-15-18/h4-5,7-10,13,15,20-21H,2-3,6,11-12,14,16H2,1H3,(H,26,31)/t20?,21-/m0/s1. The summed E-state index contributed by atoms with van der Waals surface area (Å²) in [7, 11) is 1.58. The van der Waals surface area contributed by atoms with Crippen molar-refractivity contribution in [2.75, 3.05) is 13.7 Å². The van der Waals surface area contributed by atoms with Crippen molar-refractivity contribution in [1.82, 2.24) is 20.1 Å². The summed E-state index contributed by atoms with van der Waals surface area (Å²) in [6.07, 6.45) is 6.99. The molecule has 2 aliphatic heterocycles. The number of benzene rings is 1. The molecule has 1 aromatic carbocycles. The Kier molecular flexibility index (Phi) is 6.68. The number of carbonyl (C=O) groups excluding carboxylic acids is 3. The SMILES string of the molecule is COc1ccc(CN2C(=O)NC(CCC(=O)N3CCCC[C@H]3c3cccnc3)C2=O)cc1. The summed E-state index contributed by atoms with van der Waals surface area (Å²) >= 11 is 0. The van der Waals surface area contributed by atoms with E-state index in [2.05, 4.69) is 10.3 Å². The van der Waals surface area contributed by atoms with Crippen molar-refractivity contribution in [3.8, 4) is 5.75 Å². The number of nitrogens with zero attached hydrogens (tertiary/aromatic N) is 3. The van der Waals surface area contributed by atoms with Crippen LogP contribution in [0.15, 0.2) is 48.8 Å². The molecule has 2 fully saturated rings. The average Bonchev–Trinajstić information content (AvgIpc) is 3.11. The minimum absolute atomic E-state index is 0.00852. The van der Waals surface area contributed by atoms with Crippen LogP contribution < -0.4 is 10.1 Å². The van der Waals surface area contributed by atoms with Crippen molar-refractivity contribution in [3.05, 3.63) is 59.9 Å². The maximum absolute atomic E-state index is 13.0. The average molecular weight is 437 g/mol. The van der Waals surface area contributed by atoms with Crippen LogP contribution in [0.2, 0.25) is 0 Å². The Morgan fingerprint density at radius 1 is 1.19 bits per heavy atom. The molecule has 2 saturated heterocycles. The lowest BCUT2D eigenvalue weighted by Gasteiger charge is -2.36. The first-order valence-electron chi connectivity index (χ1n) is 11.0. The summed E-state index contributed by atoms with van der Waals surface area (Å²) < 4.78 is 5.14. The van der Waals surface area contributed by atoms with Crippen molar-refractivity contribution in [1.29, 1.82) is 0 Å². The van der Waals surface area contributed by atoms with Crippen LogP contribution in [0.4, 0.5) is 4.79 Å². The van der Waals surface area contributed by atoms with Crippen LogP contribution in [-0.4, -0.2) is 52.3 Å². The van der Waals surface area contributed by atoms with Gasteiger partial charge in [0, 0.05) is 25.4 Å². The lowest BCUT2D eigenvalue weighted by atomic mass is 9.95. The normalized spacial score (nSPS) is 20.9. The molecular weight excluding hydrogens is 408 g/mol. The molecule has 0 radical (unpaired) electrons. The molecular formula is C24H28N4O4. The summed E-state index contributed by atoms with van der Waals surface area (Å²) in [5.74, 6) is 0.430. The van der Waals surface area contributed by atoms with Gasteiger partial charge in [0.05, 0.1) is 19.7 Å². The Morgan fingerprint density at radius 2 is 2.00 bits per heavy atom. The first kappa shape index (κ1) is 21.8. The van der Waals surface area contributed by atoms with E-state index < -0.39 is 12.1 Å². The minimum Gasteiger partial charge on any atom is -0.497 e. The number of methoxy groups -OCH3 is 1. The molecule has 8 nitrogen and oxygen atoms in total. The van der Waals surface area contributed by atoms with Gasteiger partial charge in [-0.2, -0.15) is 0 Å². The van der Waals surface area contributed by atoms with Crippen LogP contribution in [0.25, 0.3) is 0 Å². The van der Waals surface area contributed by atoms with Gasteiger partial charge in [-0.1, -0.05) is 18.2 Å². The lowest BCUT2D eigenvalue weighted by Crippen LogP contribution is -2.39. The molecule has 1 aromatic heterocycles. The highest BCUT2D eigenvalue weighted by Gasteiger charge is 2.38. The molecule has 0 spiro atoms. The Balaban J connectivity index is 1.35. The van der Waals surface area contributed by atoms with E-state index in [9.17, 15) is 14.4 Å². The number of hydrogen-bond donors (Lipinski definition) is 1. The van der Waals surface area contributed by atoms with E-state index >= 15 is 0 Å². The molecule has 0 saturated carbocycles. The fraction of sp³-hybridized carbons (Fsp3) is 0.417. The number of urea groups is 1. The van der Waals surface area contributed by atoms with Gasteiger partial charge in [-0.05, 0) is 55.0 Å². The van der Waals surface area contributed by atoms with E-state index in [-0.39, 0.29) is 30.8 Å². The van der Waals surface area contributed by atoms with Gasteiger partial charge in [0.15, 0.2) is 0 Å². The molecule has 0 bridgehead atoms. The third-order valence-electron chi connectivity index (χ3n) is 6.15. The number of likely N-dealkylation sites (tertiary alicyclic amines) is 1. The molecule has 0 aliphatic carbocycles. The quantitative estimate of drug-likeness (QED) is 0.674. The van der Waals surface area contributed by atoms with Crippen LogP contribution in [0.5, 0.6) is 5.75 Å². The summed E-state index contributed by atoms with van der Waals surface area (Å²) in [5, 5.41) is 2.73. The summed E-state index contributed by atoms with van der Waals surface area (Å²) in [5.41, 5.74) is 1.87. The number of amides is 4. The molecule has 2 aromatic rings. The minimum atomic E-state index is -0.675. The molecule has 1 unspecified atom stereocenters. The van der Waals surface area contributed by atoms with Crippen molar-refractivity contribution >= 4 is 17.8 Å². The second-order valence-electron chi connectivity index (χ2n) is 8.20. The number of rotatable bonds is 7. The number of hydrogen-bond acceptors (Lipinski definition) is 5. The van der Waals surface area contributed by atoms with Gasteiger partial charge in [-0.15, -0.1) is 0 Å². The molecule has 32 heavy (non-hydrogen) atoms. The van der Waals surface area contributed by atoms with E-state index in [0.717, 1.165) is 30.4 Å². The smallest absolute Gasteiger partial charge is 0.325 e. The third kappa shape index (κ3) is 4.74. The van der Waals surface area contributed by atoms with Gasteiger partial charge >= 0.3 is 6.03 Å². The highest BCUT2D eigenvalue weighted by Crippen LogP contribution is 2.31. The molecule has 3 heterocycles. The van der Waals surface area contributed by atoms with Gasteiger partial charge in [0.25, 0.3) is 5.91 Å². The van der Waals surface area contributed by atoms with Crippen LogP contribution in [0.3, 0.4) is 0 Å². The third-order valence-corrected chi connectivity index (χ3v) is 6.15. The zero-order valence-corrected chi connectivity index (χ0v) is 18.2. The number of pyridine rings is 1. The first-order chi connectivity index (χ1) is 15.6. The number of imide groups is 1. The molecule has 2 aliphatic rings. The van der Waals surface area contributed by atoms with E-state index in [1.165, 1.54) is 4.90 Å². The lowest BCUT2D eigenvalue weighted by molar-refractivity contribution is -0.135. The monoisotopic (exact) mass is 436 g/mol. The molecule has 4 amide bonds. The molecule has 8 heteroatoms. The Hall–Kier alpha value is -3.42. The largest absolute Gasteiger partial charge is 0.497 e. The van der Waals surface area contributed by atoms with E-state index in [0.29, 0.717) is 18.7 Å².